The van der Waals surface area contributed by atoms with Gasteiger partial charge in [-0.05, 0) is 26.0 Å². The lowest BCUT2D eigenvalue weighted by molar-refractivity contribution is -0.137. The number of amides is 1. The molecule has 1 aliphatic heterocycles. The molecule has 2 heterocycles. The summed E-state index contributed by atoms with van der Waals surface area (Å²) in [5, 5.41) is 0. The maximum atomic E-state index is 12.1. The molecule has 0 spiro atoms. The van der Waals surface area contributed by atoms with Crippen molar-refractivity contribution in [3.05, 3.63) is 30.1 Å². The van der Waals surface area contributed by atoms with Gasteiger partial charge in [-0.15, -0.1) is 0 Å². The van der Waals surface area contributed by atoms with Crippen LogP contribution in [0.5, 0.6) is 0 Å². The molecule has 5 nitrogen and oxygen atoms in total. The van der Waals surface area contributed by atoms with E-state index in [-0.39, 0.29) is 5.91 Å². The minimum absolute atomic E-state index is 0.0324. The molecule has 1 aromatic heterocycles. The Bertz CT molecular complexity index is 419. The Morgan fingerprint density at radius 2 is 2.00 bits per heavy atom. The van der Waals surface area contributed by atoms with Gasteiger partial charge in [-0.3, -0.25) is 14.7 Å². The van der Waals surface area contributed by atoms with Gasteiger partial charge in [-0.2, -0.15) is 0 Å². The number of pyridine rings is 1. The van der Waals surface area contributed by atoms with Crippen LogP contribution in [0.1, 0.15) is 19.5 Å². The lowest BCUT2D eigenvalue weighted by Crippen LogP contribution is -2.56. The van der Waals surface area contributed by atoms with Crippen LogP contribution >= 0.6 is 0 Å². The standard InChI is InChI=1S/C14H22N4O/c1-14(2,15)13(19)18-9-7-17(8-10-18)11-12-5-3-4-6-16-12/h3-6H,7-11,15H2,1-2H3. The van der Waals surface area contributed by atoms with Gasteiger partial charge in [0.25, 0.3) is 0 Å². The molecular weight excluding hydrogens is 240 g/mol. The zero-order valence-corrected chi connectivity index (χ0v) is 11.7. The van der Waals surface area contributed by atoms with Crippen LogP contribution in [0.15, 0.2) is 24.4 Å². The summed E-state index contributed by atoms with van der Waals surface area (Å²) in [6.45, 7) is 7.59. The molecule has 0 unspecified atom stereocenters. The SMILES string of the molecule is CC(C)(N)C(=O)N1CCN(Cc2ccccn2)CC1. The molecule has 0 aromatic carbocycles. The van der Waals surface area contributed by atoms with E-state index in [2.05, 4.69) is 9.88 Å². The zero-order chi connectivity index (χ0) is 13.9. The van der Waals surface area contributed by atoms with Crippen LogP contribution in [0, 0.1) is 0 Å². The Labute approximate surface area is 114 Å². The average molecular weight is 262 g/mol. The van der Waals surface area contributed by atoms with E-state index in [1.165, 1.54) is 0 Å². The van der Waals surface area contributed by atoms with E-state index < -0.39 is 5.54 Å². The monoisotopic (exact) mass is 262 g/mol. The summed E-state index contributed by atoms with van der Waals surface area (Å²) in [6, 6.07) is 5.95. The highest BCUT2D eigenvalue weighted by atomic mass is 16.2. The molecule has 1 aliphatic rings. The van der Waals surface area contributed by atoms with Crippen LogP contribution in [0.2, 0.25) is 0 Å². The summed E-state index contributed by atoms with van der Waals surface area (Å²) < 4.78 is 0. The number of nitrogens with zero attached hydrogens (tertiary/aromatic N) is 3. The number of piperazine rings is 1. The van der Waals surface area contributed by atoms with Crippen LogP contribution in [0.4, 0.5) is 0 Å². The fraction of sp³-hybridized carbons (Fsp3) is 0.571. The zero-order valence-electron chi connectivity index (χ0n) is 11.7. The third-order valence-electron chi connectivity index (χ3n) is 3.32. The first-order valence-corrected chi connectivity index (χ1v) is 6.67. The summed E-state index contributed by atoms with van der Waals surface area (Å²) in [4.78, 5) is 20.5. The highest BCUT2D eigenvalue weighted by molar-refractivity contribution is 5.85. The molecule has 2 rings (SSSR count). The summed E-state index contributed by atoms with van der Waals surface area (Å²) in [5.74, 6) is 0.0324. The fourth-order valence-electron chi connectivity index (χ4n) is 2.24. The lowest BCUT2D eigenvalue weighted by atomic mass is 10.0. The van der Waals surface area contributed by atoms with E-state index in [0.717, 1.165) is 38.4 Å². The molecular formula is C14H22N4O. The van der Waals surface area contributed by atoms with Gasteiger partial charge in [0.15, 0.2) is 0 Å². The molecule has 0 radical (unpaired) electrons. The van der Waals surface area contributed by atoms with Gasteiger partial charge >= 0.3 is 0 Å². The van der Waals surface area contributed by atoms with Crippen molar-refractivity contribution in [2.24, 2.45) is 5.73 Å². The number of hydrogen-bond acceptors (Lipinski definition) is 4. The van der Waals surface area contributed by atoms with Crippen molar-refractivity contribution in [3.63, 3.8) is 0 Å². The fourth-order valence-corrected chi connectivity index (χ4v) is 2.24. The third kappa shape index (κ3) is 3.75. The highest BCUT2D eigenvalue weighted by Gasteiger charge is 2.30. The van der Waals surface area contributed by atoms with Gasteiger partial charge in [-0.1, -0.05) is 6.07 Å². The molecule has 5 heteroatoms. The second kappa shape index (κ2) is 5.67. The van der Waals surface area contributed by atoms with E-state index in [9.17, 15) is 4.79 Å². The largest absolute Gasteiger partial charge is 0.339 e. The predicted molar refractivity (Wildman–Crippen MR) is 74.4 cm³/mol. The molecule has 0 aliphatic carbocycles. The van der Waals surface area contributed by atoms with Gasteiger partial charge in [0.05, 0.1) is 11.2 Å². The normalized spacial score (nSPS) is 17.5. The van der Waals surface area contributed by atoms with Crippen molar-refractivity contribution in [2.75, 3.05) is 26.2 Å². The van der Waals surface area contributed by atoms with Gasteiger partial charge in [0, 0.05) is 38.9 Å². The van der Waals surface area contributed by atoms with Crippen molar-refractivity contribution >= 4 is 5.91 Å². The van der Waals surface area contributed by atoms with Crippen molar-refractivity contribution < 1.29 is 4.79 Å². The Balaban J connectivity index is 1.85. The third-order valence-corrected chi connectivity index (χ3v) is 3.32. The minimum Gasteiger partial charge on any atom is -0.339 e. The van der Waals surface area contributed by atoms with Crippen molar-refractivity contribution in [2.45, 2.75) is 25.9 Å². The van der Waals surface area contributed by atoms with Crippen LogP contribution < -0.4 is 5.73 Å². The maximum absolute atomic E-state index is 12.1. The first kappa shape index (κ1) is 14.0. The van der Waals surface area contributed by atoms with Crippen molar-refractivity contribution in [1.29, 1.82) is 0 Å². The number of nitrogens with two attached hydrogens (primary N) is 1. The van der Waals surface area contributed by atoms with E-state index in [1.807, 2.05) is 29.3 Å². The molecule has 1 fully saturated rings. The van der Waals surface area contributed by atoms with Gasteiger partial charge in [-0.25, -0.2) is 0 Å². The quantitative estimate of drug-likeness (QED) is 0.860. The molecule has 19 heavy (non-hydrogen) atoms. The maximum Gasteiger partial charge on any atom is 0.242 e. The molecule has 0 bridgehead atoms. The van der Waals surface area contributed by atoms with E-state index in [1.54, 1.807) is 13.8 Å². The first-order valence-electron chi connectivity index (χ1n) is 6.67. The van der Waals surface area contributed by atoms with Crippen LogP contribution in [-0.4, -0.2) is 52.4 Å². The number of carbonyl (C=O) groups excluding carboxylic acids is 1. The van der Waals surface area contributed by atoms with Crippen molar-refractivity contribution in [3.8, 4) is 0 Å². The van der Waals surface area contributed by atoms with Gasteiger partial charge in [0.1, 0.15) is 0 Å². The Morgan fingerprint density at radius 1 is 1.32 bits per heavy atom. The molecule has 104 valence electrons. The van der Waals surface area contributed by atoms with Crippen LogP contribution in [-0.2, 0) is 11.3 Å². The number of rotatable bonds is 3. The lowest BCUT2D eigenvalue weighted by Gasteiger charge is -2.37. The summed E-state index contributed by atoms with van der Waals surface area (Å²) >= 11 is 0. The van der Waals surface area contributed by atoms with Crippen LogP contribution in [0.25, 0.3) is 0 Å². The Hall–Kier alpha value is -1.46. The topological polar surface area (TPSA) is 62.5 Å². The highest BCUT2D eigenvalue weighted by Crippen LogP contribution is 2.10. The summed E-state index contributed by atoms with van der Waals surface area (Å²) in [5.41, 5.74) is 6.15. The van der Waals surface area contributed by atoms with E-state index in [0.29, 0.717) is 0 Å². The van der Waals surface area contributed by atoms with Gasteiger partial charge in [0.2, 0.25) is 5.91 Å². The van der Waals surface area contributed by atoms with Gasteiger partial charge < -0.3 is 10.6 Å². The molecule has 1 amide bonds. The van der Waals surface area contributed by atoms with E-state index >= 15 is 0 Å². The number of hydrogen-bond donors (Lipinski definition) is 1. The summed E-state index contributed by atoms with van der Waals surface area (Å²) in [7, 11) is 0. The van der Waals surface area contributed by atoms with Crippen LogP contribution in [0.3, 0.4) is 0 Å². The number of carbonyl (C=O) groups is 1. The molecule has 2 N–H and O–H groups in total. The van der Waals surface area contributed by atoms with Crippen molar-refractivity contribution in [1.82, 2.24) is 14.8 Å². The smallest absolute Gasteiger partial charge is 0.242 e. The summed E-state index contributed by atoms with van der Waals surface area (Å²) in [6.07, 6.45) is 1.81. The molecule has 0 atom stereocenters. The molecule has 0 saturated carbocycles. The van der Waals surface area contributed by atoms with E-state index in [4.69, 9.17) is 5.73 Å². The average Bonchev–Trinajstić information content (AvgIpc) is 2.39. The Kier molecular flexibility index (Phi) is 4.17. The number of aromatic nitrogens is 1. The minimum atomic E-state index is -0.775. The second-order valence-electron chi connectivity index (χ2n) is 5.61. The molecule has 1 saturated heterocycles. The Morgan fingerprint density at radius 3 is 2.53 bits per heavy atom. The second-order valence-corrected chi connectivity index (χ2v) is 5.61. The predicted octanol–water partition coefficient (Wildman–Crippen LogP) is 0.463. The molecule has 1 aromatic rings. The first-order chi connectivity index (χ1) is 8.97.